The Morgan fingerprint density at radius 3 is 2.52 bits per heavy atom. The van der Waals surface area contributed by atoms with Gasteiger partial charge < -0.3 is 14.2 Å². The fraction of sp³-hybridized carbons (Fsp3) is 0.118. The first-order valence-corrected chi connectivity index (χ1v) is 6.46. The first-order chi connectivity index (χ1) is 10.3. The van der Waals surface area contributed by atoms with Crippen molar-refractivity contribution in [2.45, 2.75) is 0 Å². The molecule has 0 amide bonds. The highest BCUT2D eigenvalue weighted by Gasteiger charge is 2.15. The number of allylic oxidation sites excluding steroid dienone is 1. The van der Waals surface area contributed by atoms with Gasteiger partial charge in [-0.1, -0.05) is 18.2 Å². The van der Waals surface area contributed by atoms with Crippen LogP contribution in [0.4, 0.5) is 0 Å². The van der Waals surface area contributed by atoms with E-state index in [0.29, 0.717) is 5.75 Å². The van der Waals surface area contributed by atoms with Crippen molar-refractivity contribution in [1.82, 2.24) is 0 Å². The minimum Gasteiger partial charge on any atom is -0.497 e. The van der Waals surface area contributed by atoms with Gasteiger partial charge >= 0.3 is 0 Å². The number of fused-ring (bicyclic) bond motifs is 1. The van der Waals surface area contributed by atoms with Crippen LogP contribution in [0.3, 0.4) is 0 Å². The molecule has 21 heavy (non-hydrogen) atoms. The van der Waals surface area contributed by atoms with E-state index >= 15 is 0 Å². The van der Waals surface area contributed by atoms with Gasteiger partial charge in [0.1, 0.15) is 5.75 Å². The van der Waals surface area contributed by atoms with E-state index in [9.17, 15) is 0 Å². The van der Waals surface area contributed by atoms with Crippen LogP contribution >= 0.6 is 0 Å². The molecule has 0 atom stereocenters. The van der Waals surface area contributed by atoms with E-state index in [0.717, 1.165) is 28.2 Å². The normalized spacial score (nSPS) is 12.9. The monoisotopic (exact) mass is 279 g/mol. The molecule has 0 N–H and O–H groups in total. The Morgan fingerprint density at radius 1 is 1.10 bits per heavy atom. The lowest BCUT2D eigenvalue weighted by Crippen LogP contribution is -1.93. The van der Waals surface area contributed by atoms with Gasteiger partial charge in [0.05, 0.1) is 13.2 Å². The van der Waals surface area contributed by atoms with Gasteiger partial charge in [0.25, 0.3) is 0 Å². The van der Waals surface area contributed by atoms with Crippen LogP contribution in [-0.4, -0.2) is 13.9 Å². The number of ether oxygens (including phenoxy) is 3. The second-order valence-corrected chi connectivity index (χ2v) is 4.48. The highest BCUT2D eigenvalue weighted by Crippen LogP contribution is 2.36. The second kappa shape index (κ2) is 5.59. The van der Waals surface area contributed by atoms with Crippen molar-refractivity contribution in [3.8, 4) is 23.3 Å². The van der Waals surface area contributed by atoms with Gasteiger partial charge in [-0.25, -0.2) is 0 Å². The van der Waals surface area contributed by atoms with E-state index in [1.54, 1.807) is 7.11 Å². The number of hydrogen-bond acceptors (Lipinski definition) is 4. The summed E-state index contributed by atoms with van der Waals surface area (Å²) >= 11 is 0. The van der Waals surface area contributed by atoms with Crippen LogP contribution in [0.5, 0.6) is 17.2 Å². The molecule has 1 heterocycles. The molecule has 2 aromatic carbocycles. The van der Waals surface area contributed by atoms with E-state index in [4.69, 9.17) is 19.5 Å². The third kappa shape index (κ3) is 2.54. The van der Waals surface area contributed by atoms with E-state index in [-0.39, 0.29) is 6.79 Å². The standard InChI is InChI=1S/C17H13NO3/c1-19-14-5-2-12(3-6-14)15(8-9-18)13-4-7-16-17(10-13)21-11-20-16/h2-8,10H,11H2,1H3. The summed E-state index contributed by atoms with van der Waals surface area (Å²) in [7, 11) is 1.62. The van der Waals surface area contributed by atoms with E-state index in [1.165, 1.54) is 6.08 Å². The molecule has 2 aromatic rings. The lowest BCUT2D eigenvalue weighted by Gasteiger charge is -2.09. The summed E-state index contributed by atoms with van der Waals surface area (Å²) in [5.41, 5.74) is 2.68. The van der Waals surface area contributed by atoms with Crippen molar-refractivity contribution in [3.63, 3.8) is 0 Å². The molecule has 0 saturated carbocycles. The van der Waals surface area contributed by atoms with E-state index in [2.05, 4.69) is 6.07 Å². The van der Waals surface area contributed by atoms with Crippen molar-refractivity contribution in [3.05, 3.63) is 59.7 Å². The molecule has 1 aliphatic rings. The van der Waals surface area contributed by atoms with Crippen LogP contribution in [0.15, 0.2) is 48.5 Å². The smallest absolute Gasteiger partial charge is 0.231 e. The maximum atomic E-state index is 9.05. The molecular weight excluding hydrogens is 266 g/mol. The molecule has 4 nitrogen and oxygen atoms in total. The predicted molar refractivity (Wildman–Crippen MR) is 78.3 cm³/mol. The summed E-state index contributed by atoms with van der Waals surface area (Å²) in [5, 5.41) is 9.05. The van der Waals surface area contributed by atoms with Gasteiger partial charge in [-0.2, -0.15) is 5.26 Å². The Hall–Kier alpha value is -2.93. The van der Waals surface area contributed by atoms with Crippen molar-refractivity contribution >= 4 is 5.57 Å². The second-order valence-electron chi connectivity index (χ2n) is 4.48. The molecule has 0 unspecified atom stereocenters. The van der Waals surface area contributed by atoms with Crippen molar-refractivity contribution in [2.24, 2.45) is 0 Å². The number of benzene rings is 2. The topological polar surface area (TPSA) is 51.5 Å². The quantitative estimate of drug-likeness (QED) is 0.808. The zero-order valence-corrected chi connectivity index (χ0v) is 11.5. The summed E-state index contributed by atoms with van der Waals surface area (Å²) in [6.07, 6.45) is 1.53. The van der Waals surface area contributed by atoms with Crippen LogP contribution in [0.25, 0.3) is 5.57 Å². The van der Waals surface area contributed by atoms with Gasteiger partial charge in [-0.05, 0) is 41.0 Å². The summed E-state index contributed by atoms with van der Waals surface area (Å²) in [6.45, 7) is 0.235. The SMILES string of the molecule is COc1ccc(C(=CC#N)c2ccc3c(c2)OCO3)cc1. The molecule has 4 heteroatoms. The Morgan fingerprint density at radius 2 is 1.81 bits per heavy atom. The van der Waals surface area contributed by atoms with Crippen LogP contribution in [-0.2, 0) is 0 Å². The van der Waals surface area contributed by atoms with Crippen LogP contribution < -0.4 is 14.2 Å². The van der Waals surface area contributed by atoms with Crippen LogP contribution in [0, 0.1) is 11.3 Å². The number of rotatable bonds is 3. The Balaban J connectivity index is 2.02. The largest absolute Gasteiger partial charge is 0.497 e. The highest BCUT2D eigenvalue weighted by molar-refractivity contribution is 5.82. The molecule has 0 spiro atoms. The third-order valence-corrected chi connectivity index (χ3v) is 3.29. The van der Waals surface area contributed by atoms with Gasteiger partial charge in [-0.3, -0.25) is 0 Å². The Labute approximate surface area is 122 Å². The van der Waals surface area contributed by atoms with Gasteiger partial charge in [0.2, 0.25) is 6.79 Å². The zero-order valence-electron chi connectivity index (χ0n) is 11.5. The maximum Gasteiger partial charge on any atom is 0.231 e. The number of methoxy groups -OCH3 is 1. The van der Waals surface area contributed by atoms with Crippen molar-refractivity contribution < 1.29 is 14.2 Å². The molecule has 3 rings (SSSR count). The molecule has 0 radical (unpaired) electrons. The first kappa shape index (κ1) is 13.1. The van der Waals surface area contributed by atoms with Crippen LogP contribution in [0.2, 0.25) is 0 Å². The molecule has 0 bridgehead atoms. The van der Waals surface area contributed by atoms with E-state index < -0.39 is 0 Å². The average Bonchev–Trinajstić information content (AvgIpc) is 3.00. The number of nitrogens with zero attached hydrogens (tertiary/aromatic N) is 1. The number of hydrogen-bond donors (Lipinski definition) is 0. The molecular formula is C17H13NO3. The fourth-order valence-electron chi connectivity index (χ4n) is 2.23. The van der Waals surface area contributed by atoms with E-state index in [1.807, 2.05) is 42.5 Å². The summed E-state index contributed by atoms with van der Waals surface area (Å²) < 4.78 is 15.8. The summed E-state index contributed by atoms with van der Waals surface area (Å²) in [6, 6.07) is 15.3. The molecule has 0 aromatic heterocycles. The van der Waals surface area contributed by atoms with Crippen molar-refractivity contribution in [2.75, 3.05) is 13.9 Å². The fourth-order valence-corrected chi connectivity index (χ4v) is 2.23. The predicted octanol–water partition coefficient (Wildman–Crippen LogP) is 3.38. The van der Waals surface area contributed by atoms with Crippen LogP contribution in [0.1, 0.15) is 11.1 Å². The lowest BCUT2D eigenvalue weighted by atomic mass is 9.97. The summed E-state index contributed by atoms with van der Waals surface area (Å²) in [5.74, 6) is 2.20. The van der Waals surface area contributed by atoms with Gasteiger partial charge in [0.15, 0.2) is 11.5 Å². The first-order valence-electron chi connectivity index (χ1n) is 6.46. The molecule has 1 aliphatic heterocycles. The maximum absolute atomic E-state index is 9.05. The molecule has 0 aliphatic carbocycles. The average molecular weight is 279 g/mol. The highest BCUT2D eigenvalue weighted by atomic mass is 16.7. The number of nitriles is 1. The lowest BCUT2D eigenvalue weighted by molar-refractivity contribution is 0.174. The van der Waals surface area contributed by atoms with Gasteiger partial charge in [0, 0.05) is 6.08 Å². The minimum atomic E-state index is 0.235. The molecule has 104 valence electrons. The zero-order chi connectivity index (χ0) is 14.7. The Bertz CT molecular complexity index is 727. The summed E-state index contributed by atoms with van der Waals surface area (Å²) in [4.78, 5) is 0. The Kier molecular flexibility index (Phi) is 3.48. The third-order valence-electron chi connectivity index (χ3n) is 3.29. The minimum absolute atomic E-state index is 0.235. The van der Waals surface area contributed by atoms with Crippen molar-refractivity contribution in [1.29, 1.82) is 5.26 Å². The molecule has 0 saturated heterocycles. The molecule has 0 fully saturated rings. The van der Waals surface area contributed by atoms with Gasteiger partial charge in [-0.15, -0.1) is 0 Å².